The van der Waals surface area contributed by atoms with Crippen molar-refractivity contribution in [3.05, 3.63) is 157 Å². The Morgan fingerprint density at radius 1 is 0.500 bits per heavy atom. The number of ether oxygens (including phenoxy) is 1. The zero-order chi connectivity index (χ0) is 31.6. The van der Waals surface area contributed by atoms with Crippen LogP contribution in [-0.2, 0) is 0 Å². The number of allylic oxidation sites excluding steroid dienone is 2. The molecule has 0 bridgehead atoms. The van der Waals surface area contributed by atoms with Crippen molar-refractivity contribution >= 4 is 32.7 Å². The van der Waals surface area contributed by atoms with Gasteiger partial charge in [0.15, 0.2) is 17.5 Å². The molecular formula is C43H27N3O2. The molecule has 1 aliphatic carbocycles. The van der Waals surface area contributed by atoms with E-state index < -0.39 is 0 Å². The molecule has 0 saturated carbocycles. The molecule has 10 rings (SSSR count). The van der Waals surface area contributed by atoms with E-state index in [4.69, 9.17) is 24.1 Å². The molecule has 1 aliphatic heterocycles. The molecule has 0 amide bonds. The topological polar surface area (TPSA) is 61.0 Å². The maximum atomic E-state index is 6.47. The van der Waals surface area contributed by atoms with Crippen LogP contribution >= 0.6 is 0 Å². The van der Waals surface area contributed by atoms with Crippen molar-refractivity contribution < 1.29 is 9.15 Å². The summed E-state index contributed by atoms with van der Waals surface area (Å²) in [6, 6.07) is 43.7. The lowest BCUT2D eigenvalue weighted by atomic mass is 9.88. The van der Waals surface area contributed by atoms with Crippen LogP contribution in [0.4, 0.5) is 0 Å². The summed E-state index contributed by atoms with van der Waals surface area (Å²) in [6.07, 6.45) is 8.41. The van der Waals surface area contributed by atoms with Crippen LogP contribution in [0.15, 0.2) is 156 Å². The first-order valence-electron chi connectivity index (χ1n) is 16.2. The highest BCUT2D eigenvalue weighted by Gasteiger charge is 2.35. The lowest BCUT2D eigenvalue weighted by Gasteiger charge is -2.16. The molecular weight excluding hydrogens is 590 g/mol. The molecule has 48 heavy (non-hydrogen) atoms. The molecule has 2 aliphatic rings. The Bertz CT molecular complexity index is 2620. The minimum atomic E-state index is -0.0492. The number of hydrogen-bond acceptors (Lipinski definition) is 5. The fourth-order valence-corrected chi connectivity index (χ4v) is 7.19. The van der Waals surface area contributed by atoms with Gasteiger partial charge in [0.05, 0.1) is 0 Å². The Labute approximate surface area is 276 Å². The summed E-state index contributed by atoms with van der Waals surface area (Å²) in [4.78, 5) is 15.7. The van der Waals surface area contributed by atoms with Gasteiger partial charge in [0.2, 0.25) is 0 Å². The minimum absolute atomic E-state index is 0.0492. The molecule has 6 aromatic carbocycles. The molecule has 2 atom stereocenters. The second-order valence-corrected chi connectivity index (χ2v) is 12.3. The lowest BCUT2D eigenvalue weighted by molar-refractivity contribution is 0.269. The van der Waals surface area contributed by atoms with Crippen LogP contribution in [0.1, 0.15) is 11.5 Å². The van der Waals surface area contributed by atoms with Crippen molar-refractivity contribution in [1.29, 1.82) is 0 Å². The molecule has 3 heterocycles. The van der Waals surface area contributed by atoms with Crippen molar-refractivity contribution in [2.75, 3.05) is 0 Å². The van der Waals surface area contributed by atoms with Gasteiger partial charge in [-0.1, -0.05) is 115 Å². The normalized spacial score (nSPS) is 16.3. The van der Waals surface area contributed by atoms with Gasteiger partial charge >= 0.3 is 0 Å². The summed E-state index contributed by atoms with van der Waals surface area (Å²) in [5.74, 6) is 2.75. The zero-order valence-electron chi connectivity index (χ0n) is 25.7. The van der Waals surface area contributed by atoms with Gasteiger partial charge in [0, 0.05) is 38.9 Å². The third-order valence-electron chi connectivity index (χ3n) is 9.46. The summed E-state index contributed by atoms with van der Waals surface area (Å²) in [5.41, 5.74) is 7.59. The number of para-hydroxylation sites is 1. The first-order valence-corrected chi connectivity index (χ1v) is 16.2. The van der Waals surface area contributed by atoms with E-state index in [1.54, 1.807) is 0 Å². The van der Waals surface area contributed by atoms with Gasteiger partial charge in [-0.25, -0.2) is 15.0 Å². The lowest BCUT2D eigenvalue weighted by Crippen LogP contribution is -2.16. The van der Waals surface area contributed by atoms with E-state index in [0.717, 1.165) is 66.5 Å². The van der Waals surface area contributed by atoms with Crippen LogP contribution in [0, 0.1) is 0 Å². The SMILES string of the molecule is C1=CC2Oc3cccc(-c4nc(-c5ccc6ccccc6c5)nc(-c5cc(-c6ccccc6)cc6oc7ccccc7c56)n4)c3C2C=C1. The number of benzene rings is 6. The smallest absolute Gasteiger partial charge is 0.164 e. The van der Waals surface area contributed by atoms with E-state index in [1.807, 2.05) is 42.5 Å². The van der Waals surface area contributed by atoms with Crippen LogP contribution in [0.2, 0.25) is 0 Å². The molecule has 0 spiro atoms. The monoisotopic (exact) mass is 617 g/mol. The Balaban J connectivity index is 1.27. The second-order valence-electron chi connectivity index (χ2n) is 12.3. The highest BCUT2D eigenvalue weighted by molar-refractivity contribution is 6.13. The van der Waals surface area contributed by atoms with Crippen LogP contribution in [0.25, 0.3) is 78.0 Å². The zero-order valence-corrected chi connectivity index (χ0v) is 25.7. The quantitative estimate of drug-likeness (QED) is 0.197. The average molecular weight is 618 g/mol. The third kappa shape index (κ3) is 4.28. The van der Waals surface area contributed by atoms with Gasteiger partial charge in [0.25, 0.3) is 0 Å². The largest absolute Gasteiger partial charge is 0.485 e. The highest BCUT2D eigenvalue weighted by atomic mass is 16.5. The minimum Gasteiger partial charge on any atom is -0.485 e. The molecule has 5 nitrogen and oxygen atoms in total. The summed E-state index contributed by atoms with van der Waals surface area (Å²) in [5, 5.41) is 4.30. The maximum Gasteiger partial charge on any atom is 0.164 e. The van der Waals surface area contributed by atoms with Gasteiger partial charge in [-0.3, -0.25) is 0 Å². The van der Waals surface area contributed by atoms with Crippen LogP contribution in [0.3, 0.4) is 0 Å². The number of nitrogens with zero attached hydrogens (tertiary/aromatic N) is 3. The summed E-state index contributed by atoms with van der Waals surface area (Å²) < 4.78 is 12.9. The van der Waals surface area contributed by atoms with Crippen LogP contribution in [0.5, 0.6) is 5.75 Å². The number of aromatic nitrogens is 3. The highest BCUT2D eigenvalue weighted by Crippen LogP contribution is 2.46. The molecule has 0 radical (unpaired) electrons. The Morgan fingerprint density at radius 2 is 1.27 bits per heavy atom. The fourth-order valence-electron chi connectivity index (χ4n) is 7.19. The Hall–Kier alpha value is -6.33. The van der Waals surface area contributed by atoms with E-state index in [1.165, 1.54) is 5.39 Å². The van der Waals surface area contributed by atoms with E-state index in [9.17, 15) is 0 Å². The summed E-state index contributed by atoms with van der Waals surface area (Å²) in [7, 11) is 0. The van der Waals surface area contributed by atoms with Crippen molar-refractivity contribution in [2.45, 2.75) is 12.0 Å². The maximum absolute atomic E-state index is 6.47. The van der Waals surface area contributed by atoms with Gasteiger partial charge in [-0.05, 0) is 58.3 Å². The Morgan fingerprint density at radius 3 is 2.19 bits per heavy atom. The fraction of sp³-hybridized carbons (Fsp3) is 0.0465. The van der Waals surface area contributed by atoms with Crippen molar-refractivity contribution in [3.8, 4) is 51.0 Å². The van der Waals surface area contributed by atoms with Crippen LogP contribution in [-0.4, -0.2) is 21.1 Å². The predicted octanol–water partition coefficient (Wildman–Crippen LogP) is 10.6. The van der Waals surface area contributed by atoms with Crippen molar-refractivity contribution in [1.82, 2.24) is 15.0 Å². The van der Waals surface area contributed by atoms with E-state index in [-0.39, 0.29) is 12.0 Å². The van der Waals surface area contributed by atoms with Crippen molar-refractivity contribution in [3.63, 3.8) is 0 Å². The molecule has 226 valence electrons. The number of furan rings is 1. The molecule has 0 saturated heterocycles. The molecule has 2 aromatic heterocycles. The van der Waals surface area contributed by atoms with E-state index >= 15 is 0 Å². The van der Waals surface area contributed by atoms with Crippen LogP contribution < -0.4 is 4.74 Å². The molecule has 5 heteroatoms. The third-order valence-corrected chi connectivity index (χ3v) is 9.46. The van der Waals surface area contributed by atoms with E-state index in [2.05, 4.69) is 109 Å². The van der Waals surface area contributed by atoms with Gasteiger partial charge < -0.3 is 9.15 Å². The van der Waals surface area contributed by atoms with Gasteiger partial charge in [0.1, 0.15) is 23.0 Å². The van der Waals surface area contributed by atoms with Crippen molar-refractivity contribution in [2.24, 2.45) is 0 Å². The second kappa shape index (κ2) is 10.6. The Kier molecular flexibility index (Phi) is 5.93. The first-order chi connectivity index (χ1) is 23.8. The number of rotatable bonds is 4. The number of hydrogen-bond donors (Lipinski definition) is 0. The van der Waals surface area contributed by atoms with E-state index in [0.29, 0.717) is 17.5 Å². The molecule has 0 fully saturated rings. The molecule has 2 unspecified atom stereocenters. The predicted molar refractivity (Wildman–Crippen MR) is 192 cm³/mol. The molecule has 8 aromatic rings. The number of fused-ring (bicyclic) bond motifs is 7. The van der Waals surface area contributed by atoms with Gasteiger partial charge in [-0.15, -0.1) is 0 Å². The standard InChI is InChI=1S/C43H27N3O2/c1-2-11-26(12-3-1)30-24-34(40-32-16-7-9-19-36(32)48-38(40)25-30)43-45-41(29-22-21-27-13-4-5-14-28(27)23-29)44-42(46-43)33-17-10-20-37-39(33)31-15-6-8-18-35(31)47-37/h1-25,31,35H. The van der Waals surface area contributed by atoms with Gasteiger partial charge in [-0.2, -0.15) is 0 Å². The first kappa shape index (κ1) is 26.8. The summed E-state index contributed by atoms with van der Waals surface area (Å²) in [6.45, 7) is 0. The summed E-state index contributed by atoms with van der Waals surface area (Å²) >= 11 is 0. The average Bonchev–Trinajstić information content (AvgIpc) is 3.73. The molecule has 0 N–H and O–H groups in total.